The highest BCUT2D eigenvalue weighted by Crippen LogP contribution is 2.27. The second-order valence-corrected chi connectivity index (χ2v) is 7.95. The lowest BCUT2D eigenvalue weighted by atomic mass is 10.1. The number of rotatable bonds is 5. The molecule has 1 unspecified atom stereocenters. The molecule has 0 radical (unpaired) electrons. The van der Waals surface area contributed by atoms with Crippen molar-refractivity contribution in [3.8, 4) is 11.6 Å². The number of halogens is 1. The predicted octanol–water partition coefficient (Wildman–Crippen LogP) is 4.84. The molecule has 7 heteroatoms. The summed E-state index contributed by atoms with van der Waals surface area (Å²) >= 11 is 0. The molecule has 2 aromatic carbocycles. The summed E-state index contributed by atoms with van der Waals surface area (Å²) in [5.74, 6) is 1.88. The number of fused-ring (bicyclic) bond motifs is 1. The molecule has 32 heavy (non-hydrogen) atoms. The lowest BCUT2D eigenvalue weighted by molar-refractivity contribution is 0.198. The largest absolute Gasteiger partial charge is 0.439 e. The molecule has 1 atom stereocenters. The van der Waals surface area contributed by atoms with Crippen LogP contribution in [0.25, 0.3) is 10.8 Å². The van der Waals surface area contributed by atoms with Gasteiger partial charge >= 0.3 is 0 Å². The van der Waals surface area contributed by atoms with E-state index >= 15 is 0 Å². The molecule has 0 saturated carbocycles. The normalized spacial score (nSPS) is 15.6. The summed E-state index contributed by atoms with van der Waals surface area (Å²) in [6.07, 6.45) is 5.14. The van der Waals surface area contributed by atoms with E-state index in [2.05, 4.69) is 31.7 Å². The van der Waals surface area contributed by atoms with Crippen molar-refractivity contribution < 1.29 is 9.13 Å². The molecule has 0 spiro atoms. The molecule has 6 nitrogen and oxygen atoms in total. The summed E-state index contributed by atoms with van der Waals surface area (Å²) in [6, 6.07) is 16.8. The molecular weight excluding hydrogens is 405 g/mol. The maximum absolute atomic E-state index is 13.2. The van der Waals surface area contributed by atoms with E-state index in [1.54, 1.807) is 12.5 Å². The topological polar surface area (TPSA) is 54.4 Å². The lowest BCUT2D eigenvalue weighted by Crippen LogP contribution is -2.47. The number of hydrogen-bond donors (Lipinski definition) is 0. The number of aromatic nitrogens is 3. The Hall–Kier alpha value is -3.58. The van der Waals surface area contributed by atoms with Crippen LogP contribution in [0.15, 0.2) is 73.3 Å². The van der Waals surface area contributed by atoms with Crippen LogP contribution in [-0.2, 0) is 0 Å². The van der Waals surface area contributed by atoms with E-state index in [1.165, 1.54) is 12.1 Å². The minimum absolute atomic E-state index is 0.201. The third kappa shape index (κ3) is 4.38. The smallest absolute Gasteiger partial charge is 0.224 e. The maximum atomic E-state index is 13.2. The molecule has 0 amide bonds. The van der Waals surface area contributed by atoms with Gasteiger partial charge in [0.1, 0.15) is 23.7 Å². The first kappa shape index (κ1) is 20.3. The second kappa shape index (κ2) is 8.88. The van der Waals surface area contributed by atoms with Gasteiger partial charge in [-0.1, -0.05) is 18.2 Å². The summed E-state index contributed by atoms with van der Waals surface area (Å²) in [6.45, 7) is 5.67. The summed E-state index contributed by atoms with van der Waals surface area (Å²) in [5, 5.41) is 2.13. The highest BCUT2D eigenvalue weighted by atomic mass is 19.1. The number of pyridine rings is 1. The third-order valence-corrected chi connectivity index (χ3v) is 6.00. The van der Waals surface area contributed by atoms with Crippen LogP contribution in [0.4, 0.5) is 10.2 Å². The monoisotopic (exact) mass is 429 g/mol. The first-order chi connectivity index (χ1) is 15.7. The van der Waals surface area contributed by atoms with Crippen molar-refractivity contribution >= 4 is 16.6 Å². The van der Waals surface area contributed by atoms with Crippen molar-refractivity contribution in [3.63, 3.8) is 0 Å². The van der Waals surface area contributed by atoms with E-state index < -0.39 is 0 Å². The quantitative estimate of drug-likeness (QED) is 0.453. The number of piperazine rings is 1. The van der Waals surface area contributed by atoms with Crippen LogP contribution in [-0.4, -0.2) is 46.0 Å². The molecule has 2 aromatic heterocycles. The molecule has 0 aliphatic carbocycles. The second-order valence-electron chi connectivity index (χ2n) is 7.95. The van der Waals surface area contributed by atoms with E-state index in [0.717, 1.165) is 48.3 Å². The Morgan fingerprint density at radius 1 is 0.906 bits per heavy atom. The Morgan fingerprint density at radius 2 is 1.72 bits per heavy atom. The number of anilines is 1. The van der Waals surface area contributed by atoms with E-state index in [4.69, 9.17) is 4.74 Å². The molecule has 0 bridgehead atoms. The Morgan fingerprint density at radius 3 is 2.53 bits per heavy atom. The first-order valence-corrected chi connectivity index (χ1v) is 10.7. The van der Waals surface area contributed by atoms with Gasteiger partial charge in [-0.3, -0.25) is 9.88 Å². The molecule has 5 rings (SSSR count). The van der Waals surface area contributed by atoms with E-state index in [1.807, 2.05) is 48.7 Å². The summed E-state index contributed by atoms with van der Waals surface area (Å²) in [5.41, 5.74) is 1.13. The van der Waals surface area contributed by atoms with Crippen molar-refractivity contribution in [1.29, 1.82) is 0 Å². The van der Waals surface area contributed by atoms with Crippen molar-refractivity contribution in [2.45, 2.75) is 13.0 Å². The van der Waals surface area contributed by atoms with Gasteiger partial charge in [-0.15, -0.1) is 0 Å². The van der Waals surface area contributed by atoms with Crippen LogP contribution in [0.5, 0.6) is 11.6 Å². The van der Waals surface area contributed by atoms with Crippen LogP contribution in [0.3, 0.4) is 0 Å². The summed E-state index contributed by atoms with van der Waals surface area (Å²) < 4.78 is 19.2. The van der Waals surface area contributed by atoms with Gasteiger partial charge in [-0.2, -0.15) is 0 Å². The zero-order chi connectivity index (χ0) is 21.9. The van der Waals surface area contributed by atoms with Gasteiger partial charge in [-0.05, 0) is 48.2 Å². The SMILES string of the molecule is CC(c1ccc(F)cc1)N1CCN(c2cc(Oc3ccc4ccncc4c3)ncn2)CC1. The molecular formula is C25H24FN5O. The molecule has 4 aromatic rings. The van der Waals surface area contributed by atoms with Crippen molar-refractivity contribution in [2.24, 2.45) is 0 Å². The van der Waals surface area contributed by atoms with Gasteiger partial charge < -0.3 is 9.64 Å². The molecule has 1 fully saturated rings. The van der Waals surface area contributed by atoms with Gasteiger partial charge in [0.25, 0.3) is 0 Å². The predicted molar refractivity (Wildman–Crippen MR) is 122 cm³/mol. The van der Waals surface area contributed by atoms with Gasteiger partial charge in [0, 0.05) is 56.1 Å². The third-order valence-electron chi connectivity index (χ3n) is 6.00. The van der Waals surface area contributed by atoms with Gasteiger partial charge in [0.05, 0.1) is 0 Å². The molecule has 1 aliphatic heterocycles. The van der Waals surface area contributed by atoms with Crippen molar-refractivity contribution in [1.82, 2.24) is 19.9 Å². The zero-order valence-electron chi connectivity index (χ0n) is 17.9. The van der Waals surface area contributed by atoms with E-state index in [-0.39, 0.29) is 11.9 Å². The maximum Gasteiger partial charge on any atom is 0.224 e. The number of nitrogens with zero attached hydrogens (tertiary/aromatic N) is 5. The average molecular weight is 429 g/mol. The first-order valence-electron chi connectivity index (χ1n) is 10.7. The van der Waals surface area contributed by atoms with Crippen LogP contribution in [0, 0.1) is 5.82 Å². The van der Waals surface area contributed by atoms with Crippen LogP contribution < -0.4 is 9.64 Å². The molecule has 1 aliphatic rings. The van der Waals surface area contributed by atoms with Crippen molar-refractivity contribution in [2.75, 3.05) is 31.1 Å². The van der Waals surface area contributed by atoms with E-state index in [9.17, 15) is 4.39 Å². The fourth-order valence-corrected chi connectivity index (χ4v) is 4.10. The highest BCUT2D eigenvalue weighted by Gasteiger charge is 2.23. The van der Waals surface area contributed by atoms with Crippen LogP contribution in [0.1, 0.15) is 18.5 Å². The van der Waals surface area contributed by atoms with Gasteiger partial charge in [0.2, 0.25) is 5.88 Å². The highest BCUT2D eigenvalue weighted by molar-refractivity contribution is 5.82. The van der Waals surface area contributed by atoms with Gasteiger partial charge in [0.15, 0.2) is 0 Å². The molecule has 162 valence electrons. The fraction of sp³-hybridized carbons (Fsp3) is 0.240. The van der Waals surface area contributed by atoms with Gasteiger partial charge in [-0.25, -0.2) is 14.4 Å². The van der Waals surface area contributed by atoms with Crippen molar-refractivity contribution in [3.05, 3.63) is 84.7 Å². The average Bonchev–Trinajstić information content (AvgIpc) is 2.84. The van der Waals surface area contributed by atoms with E-state index in [0.29, 0.717) is 11.6 Å². The Bertz CT molecular complexity index is 1210. The number of hydrogen-bond acceptors (Lipinski definition) is 6. The minimum atomic E-state index is -0.201. The lowest BCUT2D eigenvalue weighted by Gasteiger charge is -2.38. The molecule has 1 saturated heterocycles. The molecule has 0 N–H and O–H groups in total. The number of ether oxygens (including phenoxy) is 1. The fourth-order valence-electron chi connectivity index (χ4n) is 4.10. The number of benzene rings is 2. The standard InChI is InChI=1S/C25H24FN5O/c1-18(19-2-5-22(26)6-3-19)30-10-12-31(13-11-30)24-15-25(29-17-28-24)32-23-7-4-20-8-9-27-16-21(20)14-23/h2-9,14-18H,10-13H2,1H3. The Balaban J connectivity index is 1.24. The Labute approximate surface area is 186 Å². The zero-order valence-corrected chi connectivity index (χ0v) is 17.9. The molecule has 3 heterocycles. The summed E-state index contributed by atoms with van der Waals surface area (Å²) in [7, 11) is 0. The van der Waals surface area contributed by atoms with Crippen LogP contribution in [0.2, 0.25) is 0 Å². The minimum Gasteiger partial charge on any atom is -0.439 e. The summed E-state index contributed by atoms with van der Waals surface area (Å²) in [4.78, 5) is 17.6. The van der Waals surface area contributed by atoms with Crippen LogP contribution >= 0.6 is 0 Å². The Kier molecular flexibility index (Phi) is 5.64.